The first-order chi connectivity index (χ1) is 17.5. The lowest BCUT2D eigenvalue weighted by molar-refractivity contribution is -0.123. The monoisotopic (exact) mass is 489 g/mol. The molecule has 0 bridgehead atoms. The Balaban J connectivity index is 1.65. The molecule has 0 spiro atoms. The molecule has 2 heterocycles. The van der Waals surface area contributed by atoms with Crippen LogP contribution in [0.15, 0.2) is 114 Å². The highest BCUT2D eigenvalue weighted by atomic mass is 35.5. The van der Waals surface area contributed by atoms with Crippen LogP contribution in [0.2, 0.25) is 5.02 Å². The van der Waals surface area contributed by atoms with Gasteiger partial charge in [-0.3, -0.25) is 9.79 Å². The number of benzene rings is 4. The first-order valence-electron chi connectivity index (χ1n) is 11.9. The quantitative estimate of drug-likeness (QED) is 0.287. The van der Waals surface area contributed by atoms with Crippen LogP contribution in [0.4, 0.5) is 5.69 Å². The largest absolute Gasteiger partial charge is 0.361 e. The number of para-hydroxylation sites is 1. The van der Waals surface area contributed by atoms with E-state index in [-0.39, 0.29) is 5.91 Å². The molecule has 4 nitrogen and oxygen atoms in total. The number of amides is 1. The second kappa shape index (κ2) is 8.81. The van der Waals surface area contributed by atoms with Crippen molar-refractivity contribution in [2.75, 3.05) is 4.90 Å². The molecule has 6 rings (SSSR count). The number of nitrogens with one attached hydrogen (secondary N) is 1. The van der Waals surface area contributed by atoms with Gasteiger partial charge < -0.3 is 9.88 Å². The van der Waals surface area contributed by atoms with E-state index in [0.29, 0.717) is 11.6 Å². The Morgan fingerprint density at radius 1 is 0.889 bits per heavy atom. The minimum atomic E-state index is -1.18. The second-order valence-electron chi connectivity index (χ2n) is 9.18. The summed E-state index contributed by atoms with van der Waals surface area (Å²) in [6, 6.07) is 33.7. The molecule has 5 heteroatoms. The summed E-state index contributed by atoms with van der Waals surface area (Å²) in [5.41, 5.74) is 4.97. The average Bonchev–Trinajstić information content (AvgIpc) is 3.33. The van der Waals surface area contributed by atoms with Gasteiger partial charge in [-0.05, 0) is 36.8 Å². The predicted octanol–water partition coefficient (Wildman–Crippen LogP) is 7.12. The van der Waals surface area contributed by atoms with Crippen LogP contribution in [-0.2, 0) is 16.9 Å². The van der Waals surface area contributed by atoms with Crippen LogP contribution in [0, 0.1) is 0 Å². The second-order valence-corrected chi connectivity index (χ2v) is 9.62. The lowest BCUT2D eigenvalue weighted by Crippen LogP contribution is -2.43. The molecule has 0 saturated heterocycles. The van der Waals surface area contributed by atoms with Gasteiger partial charge in [-0.15, -0.1) is 0 Å². The van der Waals surface area contributed by atoms with Gasteiger partial charge >= 0.3 is 0 Å². The van der Waals surface area contributed by atoms with Crippen LogP contribution in [-0.4, -0.2) is 16.6 Å². The molecule has 0 saturated carbocycles. The summed E-state index contributed by atoms with van der Waals surface area (Å²) in [5, 5.41) is 1.58. The number of anilines is 1. The third-order valence-corrected chi connectivity index (χ3v) is 7.08. The van der Waals surface area contributed by atoms with Gasteiger partial charge in [0.25, 0.3) is 5.91 Å². The standard InChI is InChI=1S/C31H24ClN3O/c1-31(26-19-33-27-15-9-8-14-24(26)27)30(36)35(20-21-10-4-2-5-11-21)28-17-16-23(32)18-25(28)29(34-31)22-12-6-3-7-13-22/h2-19,33H,20H2,1H3/t31-/m1/s1. The number of fused-ring (bicyclic) bond motifs is 2. The van der Waals surface area contributed by atoms with E-state index in [9.17, 15) is 4.79 Å². The topological polar surface area (TPSA) is 48.5 Å². The number of aliphatic imine (C=N–C) groups is 1. The minimum Gasteiger partial charge on any atom is -0.361 e. The van der Waals surface area contributed by atoms with Gasteiger partial charge in [-0.25, -0.2) is 0 Å². The summed E-state index contributed by atoms with van der Waals surface area (Å²) in [4.78, 5) is 25.1. The summed E-state index contributed by atoms with van der Waals surface area (Å²) >= 11 is 6.51. The highest BCUT2D eigenvalue weighted by molar-refractivity contribution is 6.32. The molecule has 5 aromatic rings. The van der Waals surface area contributed by atoms with Crippen molar-refractivity contribution >= 4 is 39.8 Å². The number of carbonyl (C=O) groups excluding carboxylic acids is 1. The number of halogens is 1. The van der Waals surface area contributed by atoms with Crippen molar-refractivity contribution in [3.8, 4) is 0 Å². The molecule has 0 aliphatic carbocycles. The third-order valence-electron chi connectivity index (χ3n) is 6.85. The maximum absolute atomic E-state index is 14.6. The number of H-pyrrole nitrogens is 1. The molecular formula is C31H24ClN3O. The Morgan fingerprint density at radius 2 is 1.58 bits per heavy atom. The molecule has 4 aromatic carbocycles. The zero-order valence-electron chi connectivity index (χ0n) is 19.8. The number of benzodiazepines with no additional fused rings is 1. The van der Waals surface area contributed by atoms with Gasteiger partial charge in [0.1, 0.15) is 0 Å². The van der Waals surface area contributed by atoms with Crippen molar-refractivity contribution in [3.05, 3.63) is 137 Å². The Morgan fingerprint density at radius 3 is 2.36 bits per heavy atom. The smallest absolute Gasteiger partial charge is 0.259 e. The Bertz CT molecular complexity index is 1610. The normalized spacial score (nSPS) is 17.6. The molecule has 0 fully saturated rings. The summed E-state index contributed by atoms with van der Waals surface area (Å²) in [6.07, 6.45) is 1.92. The van der Waals surface area contributed by atoms with E-state index in [0.717, 1.165) is 44.6 Å². The van der Waals surface area contributed by atoms with Crippen LogP contribution >= 0.6 is 11.6 Å². The number of nitrogens with zero attached hydrogens (tertiary/aromatic N) is 2. The molecule has 0 radical (unpaired) electrons. The van der Waals surface area contributed by atoms with Gasteiger partial charge in [0.2, 0.25) is 0 Å². The summed E-state index contributed by atoms with van der Waals surface area (Å²) in [7, 11) is 0. The SMILES string of the molecule is C[C@]1(c2c[nH]c3ccccc23)N=C(c2ccccc2)c2cc(Cl)ccc2N(Cc2ccccc2)C1=O. The fourth-order valence-corrected chi connectivity index (χ4v) is 5.20. The van der Waals surface area contributed by atoms with E-state index in [2.05, 4.69) is 4.98 Å². The third kappa shape index (κ3) is 3.71. The Labute approximate surface area is 214 Å². The van der Waals surface area contributed by atoms with Crippen LogP contribution in [0.25, 0.3) is 10.9 Å². The highest BCUT2D eigenvalue weighted by Gasteiger charge is 2.44. The summed E-state index contributed by atoms with van der Waals surface area (Å²) < 4.78 is 0. The van der Waals surface area contributed by atoms with Crippen LogP contribution < -0.4 is 4.90 Å². The van der Waals surface area contributed by atoms with E-state index < -0.39 is 5.54 Å². The highest BCUT2D eigenvalue weighted by Crippen LogP contribution is 2.41. The molecule has 1 aliphatic rings. The van der Waals surface area contributed by atoms with Crippen molar-refractivity contribution in [3.63, 3.8) is 0 Å². The lowest BCUT2D eigenvalue weighted by Gasteiger charge is -2.31. The summed E-state index contributed by atoms with van der Waals surface area (Å²) in [5.74, 6) is -0.0920. The number of rotatable bonds is 4. The maximum atomic E-state index is 14.6. The van der Waals surface area contributed by atoms with Crippen LogP contribution in [0.1, 0.15) is 29.2 Å². The predicted molar refractivity (Wildman–Crippen MR) is 147 cm³/mol. The fraction of sp³-hybridized carbons (Fsp3) is 0.0968. The first-order valence-corrected chi connectivity index (χ1v) is 12.3. The summed E-state index contributed by atoms with van der Waals surface area (Å²) in [6.45, 7) is 2.34. The lowest BCUT2D eigenvalue weighted by atomic mass is 9.90. The molecule has 1 amide bonds. The number of hydrogen-bond donors (Lipinski definition) is 1. The maximum Gasteiger partial charge on any atom is 0.259 e. The van der Waals surface area contributed by atoms with Gasteiger partial charge in [-0.1, -0.05) is 90.5 Å². The van der Waals surface area contributed by atoms with Gasteiger partial charge in [0, 0.05) is 38.8 Å². The van der Waals surface area contributed by atoms with Gasteiger partial charge in [0.15, 0.2) is 5.54 Å². The molecule has 1 aliphatic heterocycles. The first kappa shape index (κ1) is 22.3. The van der Waals surface area contributed by atoms with E-state index in [1.54, 1.807) is 0 Å². The molecule has 1 atom stereocenters. The number of carbonyl (C=O) groups is 1. The Kier molecular flexibility index (Phi) is 5.46. The fourth-order valence-electron chi connectivity index (χ4n) is 5.03. The van der Waals surface area contributed by atoms with E-state index >= 15 is 0 Å². The van der Waals surface area contributed by atoms with Crippen LogP contribution in [0.3, 0.4) is 0 Å². The van der Waals surface area contributed by atoms with E-state index in [1.807, 2.05) is 121 Å². The van der Waals surface area contributed by atoms with Crippen LogP contribution in [0.5, 0.6) is 0 Å². The molecule has 36 heavy (non-hydrogen) atoms. The van der Waals surface area contributed by atoms with Crippen molar-refractivity contribution < 1.29 is 4.79 Å². The van der Waals surface area contributed by atoms with Crippen molar-refractivity contribution in [1.29, 1.82) is 0 Å². The van der Waals surface area contributed by atoms with Gasteiger partial charge in [-0.2, -0.15) is 0 Å². The zero-order valence-corrected chi connectivity index (χ0v) is 20.5. The number of hydrogen-bond acceptors (Lipinski definition) is 2. The number of aromatic nitrogens is 1. The Hall–Kier alpha value is -4.15. The van der Waals surface area contributed by atoms with Gasteiger partial charge in [0.05, 0.1) is 17.9 Å². The molecular weight excluding hydrogens is 466 g/mol. The van der Waals surface area contributed by atoms with Crippen molar-refractivity contribution in [2.45, 2.75) is 19.0 Å². The van der Waals surface area contributed by atoms with E-state index in [4.69, 9.17) is 16.6 Å². The molecule has 176 valence electrons. The molecule has 1 N–H and O–H groups in total. The van der Waals surface area contributed by atoms with E-state index in [1.165, 1.54) is 0 Å². The molecule has 1 aromatic heterocycles. The minimum absolute atomic E-state index is 0.0920. The average molecular weight is 490 g/mol. The van der Waals surface area contributed by atoms with Crippen molar-refractivity contribution in [1.82, 2.24) is 4.98 Å². The number of aromatic amines is 1. The van der Waals surface area contributed by atoms with Crippen molar-refractivity contribution in [2.24, 2.45) is 4.99 Å². The molecule has 0 unspecified atom stereocenters. The zero-order chi connectivity index (χ0) is 24.7.